The third-order valence-corrected chi connectivity index (χ3v) is 13.7. The molecular weight excluding hydrogens is 781 g/mol. The van der Waals surface area contributed by atoms with Gasteiger partial charge in [0.05, 0.1) is 24.0 Å². The van der Waals surface area contributed by atoms with E-state index in [-0.39, 0.29) is 71.8 Å². The summed E-state index contributed by atoms with van der Waals surface area (Å²) in [6, 6.07) is 15.6. The lowest BCUT2D eigenvalue weighted by atomic mass is 9.81. The predicted molar refractivity (Wildman–Crippen MR) is 238 cm³/mol. The molecule has 4 saturated heterocycles. The number of amides is 3. The highest BCUT2D eigenvalue weighted by molar-refractivity contribution is 6.03. The summed E-state index contributed by atoms with van der Waals surface area (Å²) in [5.74, 6) is 7.18. The van der Waals surface area contributed by atoms with Crippen LogP contribution in [0.4, 0.5) is 0 Å². The van der Waals surface area contributed by atoms with Crippen LogP contribution in [0, 0.1) is 29.6 Å². The number of carbonyl (C=O) groups excluding carboxylic acids is 4. The number of aromatic amines is 1. The summed E-state index contributed by atoms with van der Waals surface area (Å²) in [6.45, 7) is 9.73. The van der Waals surface area contributed by atoms with Crippen molar-refractivity contribution >= 4 is 34.8 Å². The number of H-pyrrole nitrogens is 1. The normalized spacial score (nSPS) is 24.2. The Balaban J connectivity index is 0.878. The third-order valence-electron chi connectivity index (χ3n) is 13.7. The lowest BCUT2D eigenvalue weighted by Crippen LogP contribution is -2.54. The minimum absolute atomic E-state index is 0.0320. The summed E-state index contributed by atoms with van der Waals surface area (Å²) in [5, 5.41) is 2.97. The molecule has 2 aromatic carbocycles. The number of ether oxygens (including phenoxy) is 2. The number of benzene rings is 2. The van der Waals surface area contributed by atoms with Crippen LogP contribution in [0.15, 0.2) is 65.9 Å². The van der Waals surface area contributed by atoms with E-state index in [9.17, 15) is 19.2 Å². The molecule has 0 saturated carbocycles. The molecule has 62 heavy (non-hydrogen) atoms. The van der Waals surface area contributed by atoms with Gasteiger partial charge in [0.1, 0.15) is 17.6 Å². The number of aliphatic imine (C=N–C) groups is 1. The van der Waals surface area contributed by atoms with Gasteiger partial charge in [0.25, 0.3) is 0 Å². The number of rotatable bonds is 11. The Labute approximate surface area is 365 Å². The molecular formula is C50H60N6O6. The molecule has 0 radical (unpaired) electrons. The van der Waals surface area contributed by atoms with Gasteiger partial charge in [-0.3, -0.25) is 19.4 Å². The number of aromatic nitrogens is 2. The SMILES string of the molecule is CC(=O)C[C@H](C(=O)N1[C@H](C)CC[C@H]1C1=NC=C(c2ccc(C#Cc3ccc(-c4cnc([C@@H]5CC[C@@H](C)N5C(=O)[C@@H](NC(C)=O)C5CCOCC5)[nH]4)cc3)cc2)C1)C1CCOCC1. The highest BCUT2D eigenvalue weighted by atomic mass is 16.5. The highest BCUT2D eigenvalue weighted by Gasteiger charge is 2.44. The minimum Gasteiger partial charge on any atom is -0.381 e. The van der Waals surface area contributed by atoms with Crippen LogP contribution in [0.5, 0.6) is 0 Å². The van der Waals surface area contributed by atoms with E-state index in [1.165, 1.54) is 6.92 Å². The van der Waals surface area contributed by atoms with Gasteiger partial charge in [0, 0.05) is 87.2 Å². The number of likely N-dealkylation sites (tertiary alicyclic amines) is 2. The molecule has 8 rings (SSSR count). The zero-order valence-corrected chi connectivity index (χ0v) is 36.5. The second kappa shape index (κ2) is 19.3. The molecule has 5 aliphatic rings. The number of hydrogen-bond acceptors (Lipinski definition) is 8. The summed E-state index contributed by atoms with van der Waals surface area (Å²) >= 11 is 0. The van der Waals surface area contributed by atoms with Gasteiger partial charge >= 0.3 is 0 Å². The third kappa shape index (κ3) is 9.64. The van der Waals surface area contributed by atoms with Crippen molar-refractivity contribution in [2.75, 3.05) is 26.4 Å². The average molecular weight is 841 g/mol. The van der Waals surface area contributed by atoms with Crippen LogP contribution in [-0.4, -0.2) is 99.6 Å². The summed E-state index contributed by atoms with van der Waals surface area (Å²) in [5.41, 5.74) is 6.87. The zero-order valence-electron chi connectivity index (χ0n) is 36.5. The topological polar surface area (TPSA) is 146 Å². The van der Waals surface area contributed by atoms with Gasteiger partial charge in [-0.2, -0.15) is 0 Å². The minimum atomic E-state index is -0.577. The van der Waals surface area contributed by atoms with E-state index in [0.717, 1.165) is 96.4 Å². The van der Waals surface area contributed by atoms with E-state index in [4.69, 9.17) is 19.5 Å². The van der Waals surface area contributed by atoms with Crippen molar-refractivity contribution in [1.29, 1.82) is 0 Å². The molecule has 3 aromatic rings. The first kappa shape index (κ1) is 43.3. The molecule has 12 heteroatoms. The molecule has 5 aliphatic heterocycles. The smallest absolute Gasteiger partial charge is 0.246 e. The number of imidazole rings is 1. The van der Waals surface area contributed by atoms with Crippen molar-refractivity contribution in [2.45, 2.75) is 122 Å². The molecule has 3 amide bonds. The van der Waals surface area contributed by atoms with Crippen LogP contribution in [0.1, 0.15) is 120 Å². The van der Waals surface area contributed by atoms with Gasteiger partial charge in [-0.1, -0.05) is 36.1 Å². The molecule has 6 heterocycles. The van der Waals surface area contributed by atoms with Crippen molar-refractivity contribution in [2.24, 2.45) is 22.7 Å². The average Bonchev–Trinajstić information content (AvgIpc) is 4.12. The summed E-state index contributed by atoms with van der Waals surface area (Å²) in [7, 11) is 0. The number of hydrogen-bond donors (Lipinski definition) is 2. The number of ketones is 1. The Morgan fingerprint density at radius 2 is 1.31 bits per heavy atom. The van der Waals surface area contributed by atoms with Crippen molar-refractivity contribution in [3.8, 4) is 23.1 Å². The van der Waals surface area contributed by atoms with Gasteiger partial charge in [-0.05, 0) is 125 Å². The van der Waals surface area contributed by atoms with Crippen molar-refractivity contribution in [3.05, 3.63) is 83.4 Å². The summed E-state index contributed by atoms with van der Waals surface area (Å²) in [4.78, 5) is 69.8. The van der Waals surface area contributed by atoms with Gasteiger partial charge in [-0.25, -0.2) is 4.98 Å². The molecule has 12 nitrogen and oxygen atoms in total. The molecule has 1 aromatic heterocycles. The van der Waals surface area contributed by atoms with Crippen molar-refractivity contribution < 1.29 is 28.7 Å². The largest absolute Gasteiger partial charge is 0.381 e. The Hall–Kier alpha value is -5.38. The van der Waals surface area contributed by atoms with Gasteiger partial charge < -0.3 is 34.4 Å². The van der Waals surface area contributed by atoms with Crippen LogP contribution in [0.25, 0.3) is 16.8 Å². The van der Waals surface area contributed by atoms with E-state index >= 15 is 0 Å². The number of Topliss-reactive ketones (excluding diaryl/α,β-unsaturated/α-hetero) is 1. The molecule has 4 fully saturated rings. The van der Waals surface area contributed by atoms with E-state index < -0.39 is 6.04 Å². The van der Waals surface area contributed by atoms with Crippen molar-refractivity contribution in [3.63, 3.8) is 0 Å². The van der Waals surface area contributed by atoms with Crippen molar-refractivity contribution in [1.82, 2.24) is 25.1 Å². The Bertz CT molecular complexity index is 2240. The maximum absolute atomic E-state index is 14.2. The second-order valence-electron chi connectivity index (χ2n) is 18.0. The summed E-state index contributed by atoms with van der Waals surface area (Å²) in [6.07, 6.45) is 11.3. The molecule has 2 N–H and O–H groups in total. The van der Waals surface area contributed by atoms with E-state index in [0.29, 0.717) is 32.8 Å². The first-order valence-electron chi connectivity index (χ1n) is 22.6. The molecule has 0 aliphatic carbocycles. The first-order valence-corrected chi connectivity index (χ1v) is 22.6. The molecule has 0 unspecified atom stereocenters. The molecule has 6 atom stereocenters. The zero-order chi connectivity index (χ0) is 43.3. The number of allylic oxidation sites excluding steroid dienone is 1. The predicted octanol–water partition coefficient (Wildman–Crippen LogP) is 7.05. The first-order chi connectivity index (χ1) is 30.0. The number of nitrogens with one attached hydrogen (secondary N) is 2. The fourth-order valence-corrected chi connectivity index (χ4v) is 10.3. The van der Waals surface area contributed by atoms with Crippen LogP contribution in [-0.2, 0) is 28.7 Å². The van der Waals surface area contributed by atoms with E-state index in [2.05, 4.69) is 48.1 Å². The Morgan fingerprint density at radius 1 is 0.742 bits per heavy atom. The van der Waals surface area contributed by atoms with Gasteiger partial charge in [0.2, 0.25) is 17.7 Å². The Morgan fingerprint density at radius 3 is 1.90 bits per heavy atom. The quantitative estimate of drug-likeness (QED) is 0.197. The van der Waals surface area contributed by atoms with Crippen LogP contribution >= 0.6 is 0 Å². The monoisotopic (exact) mass is 840 g/mol. The van der Waals surface area contributed by atoms with Crippen LogP contribution < -0.4 is 5.32 Å². The van der Waals surface area contributed by atoms with Crippen LogP contribution in [0.2, 0.25) is 0 Å². The lowest BCUT2D eigenvalue weighted by molar-refractivity contribution is -0.142. The van der Waals surface area contributed by atoms with Crippen LogP contribution in [0.3, 0.4) is 0 Å². The fraction of sp³-hybridized carbons (Fsp3) is 0.520. The van der Waals surface area contributed by atoms with Gasteiger partial charge in [0.15, 0.2) is 0 Å². The van der Waals surface area contributed by atoms with E-state index in [1.54, 1.807) is 6.92 Å². The highest BCUT2D eigenvalue weighted by Crippen LogP contribution is 2.39. The Kier molecular flexibility index (Phi) is 13.5. The van der Waals surface area contributed by atoms with Gasteiger partial charge in [-0.15, -0.1) is 0 Å². The number of carbonyl (C=O) groups is 4. The summed E-state index contributed by atoms with van der Waals surface area (Å²) < 4.78 is 11.1. The lowest BCUT2D eigenvalue weighted by Gasteiger charge is -2.36. The van der Waals surface area contributed by atoms with E-state index in [1.807, 2.05) is 58.6 Å². The maximum Gasteiger partial charge on any atom is 0.246 e. The maximum atomic E-state index is 14.2. The second-order valence-corrected chi connectivity index (χ2v) is 18.0. The molecule has 326 valence electrons. The standard InChI is InChI=1S/C50H60N6O6/c1-31-5-17-45(55(31)49(59)42(27-33(3)57)38-19-23-61-24-20-38)43-28-41(29-51-43)37-13-9-35(10-14-37)7-8-36-11-15-39(16-12-36)44-30-52-48(54-44)46-18-6-32(2)56(46)50(60)47(53-34(4)58)40-21-25-62-26-22-40/h9-16,29-32,38,40,42,45-47H,5-6,17-28H2,1-4H3,(H,52,54)(H,53,58)/t31-,32-,42+,45+,46+,47+/m1/s1. The number of nitrogens with zero attached hydrogens (tertiary/aromatic N) is 4. The molecule has 0 spiro atoms. The molecule has 0 bridgehead atoms. The fourth-order valence-electron chi connectivity index (χ4n) is 10.3.